The predicted molar refractivity (Wildman–Crippen MR) is 85.5 cm³/mol. The molecule has 2 aromatic carbocycles. The van der Waals surface area contributed by atoms with Gasteiger partial charge in [-0.15, -0.1) is 0 Å². The highest BCUT2D eigenvalue weighted by molar-refractivity contribution is 6.43. The van der Waals surface area contributed by atoms with Crippen LogP contribution in [0.2, 0.25) is 10.0 Å². The van der Waals surface area contributed by atoms with Crippen LogP contribution in [0.25, 0.3) is 10.8 Å². The summed E-state index contributed by atoms with van der Waals surface area (Å²) in [4.78, 5) is 4.14. The molecule has 0 aliphatic rings. The lowest BCUT2D eigenvalue weighted by molar-refractivity contribution is 1.17. The van der Waals surface area contributed by atoms with E-state index >= 15 is 0 Å². The van der Waals surface area contributed by atoms with Gasteiger partial charge in [-0.2, -0.15) is 0 Å². The standard InChI is InChI=1S/C16H12Cl2N2/c17-14-5-2-6-15(16(14)18)20-10-12-4-1-3-11-9-19-8-7-13(11)12/h1-9,20H,10H2. The second-order valence-corrected chi connectivity index (χ2v) is 5.25. The zero-order valence-electron chi connectivity index (χ0n) is 10.6. The third-order valence-corrected chi connectivity index (χ3v) is 4.01. The van der Waals surface area contributed by atoms with E-state index in [1.807, 2.05) is 30.5 Å². The van der Waals surface area contributed by atoms with Gasteiger partial charge < -0.3 is 5.32 Å². The highest BCUT2D eigenvalue weighted by Gasteiger charge is 2.05. The van der Waals surface area contributed by atoms with Crippen LogP contribution in [0.1, 0.15) is 5.56 Å². The lowest BCUT2D eigenvalue weighted by Crippen LogP contribution is -2.00. The Kier molecular flexibility index (Phi) is 3.77. The van der Waals surface area contributed by atoms with Crippen LogP contribution in [0.3, 0.4) is 0 Å². The van der Waals surface area contributed by atoms with E-state index in [2.05, 4.69) is 22.4 Å². The SMILES string of the molecule is Clc1cccc(NCc2cccc3cnccc23)c1Cl. The van der Waals surface area contributed by atoms with Crippen molar-refractivity contribution in [3.63, 3.8) is 0 Å². The van der Waals surface area contributed by atoms with E-state index in [0.29, 0.717) is 16.6 Å². The minimum atomic E-state index is 0.552. The fourth-order valence-corrected chi connectivity index (χ4v) is 2.54. The first-order valence-electron chi connectivity index (χ1n) is 6.25. The van der Waals surface area contributed by atoms with E-state index in [9.17, 15) is 0 Å². The first-order valence-corrected chi connectivity index (χ1v) is 7.01. The highest BCUT2D eigenvalue weighted by Crippen LogP contribution is 2.30. The summed E-state index contributed by atoms with van der Waals surface area (Å²) in [6.07, 6.45) is 3.67. The van der Waals surface area contributed by atoms with Crippen LogP contribution in [0.5, 0.6) is 0 Å². The molecular formula is C16H12Cl2N2. The monoisotopic (exact) mass is 302 g/mol. The second kappa shape index (κ2) is 5.70. The van der Waals surface area contributed by atoms with Gasteiger partial charge in [0.2, 0.25) is 0 Å². The molecule has 0 saturated heterocycles. The van der Waals surface area contributed by atoms with Crippen molar-refractivity contribution >= 4 is 39.7 Å². The summed E-state index contributed by atoms with van der Waals surface area (Å²) in [7, 11) is 0. The first kappa shape index (κ1) is 13.2. The molecule has 2 nitrogen and oxygen atoms in total. The van der Waals surface area contributed by atoms with Gasteiger partial charge in [0, 0.05) is 24.3 Å². The second-order valence-electron chi connectivity index (χ2n) is 4.47. The Labute approximate surface area is 127 Å². The van der Waals surface area contributed by atoms with Crippen LogP contribution in [0.15, 0.2) is 54.9 Å². The molecule has 0 radical (unpaired) electrons. The van der Waals surface area contributed by atoms with Crippen LogP contribution in [-0.2, 0) is 6.54 Å². The van der Waals surface area contributed by atoms with Gasteiger partial charge in [0.1, 0.15) is 0 Å². The zero-order valence-corrected chi connectivity index (χ0v) is 12.1. The zero-order chi connectivity index (χ0) is 13.9. The van der Waals surface area contributed by atoms with E-state index in [-0.39, 0.29) is 0 Å². The average molecular weight is 303 g/mol. The maximum Gasteiger partial charge on any atom is 0.0823 e. The third-order valence-electron chi connectivity index (χ3n) is 3.19. The number of benzene rings is 2. The fraction of sp³-hybridized carbons (Fsp3) is 0.0625. The summed E-state index contributed by atoms with van der Waals surface area (Å²) in [6.45, 7) is 0.682. The van der Waals surface area contributed by atoms with Gasteiger partial charge in [-0.3, -0.25) is 4.98 Å². The van der Waals surface area contributed by atoms with E-state index < -0.39 is 0 Å². The number of fused-ring (bicyclic) bond motifs is 1. The molecule has 0 aliphatic carbocycles. The van der Waals surface area contributed by atoms with Crippen LogP contribution in [-0.4, -0.2) is 4.98 Å². The Bertz CT molecular complexity index is 751. The largest absolute Gasteiger partial charge is 0.380 e. The molecule has 0 aliphatic heterocycles. The first-order chi connectivity index (χ1) is 9.75. The molecule has 0 amide bonds. The molecule has 1 N–H and O–H groups in total. The van der Waals surface area contributed by atoms with Crippen LogP contribution in [0, 0.1) is 0 Å². The number of nitrogens with one attached hydrogen (secondary N) is 1. The van der Waals surface area contributed by atoms with Gasteiger partial charge in [0.15, 0.2) is 0 Å². The van der Waals surface area contributed by atoms with Crippen molar-refractivity contribution in [3.05, 3.63) is 70.5 Å². The summed E-state index contributed by atoms with van der Waals surface area (Å²) in [5.41, 5.74) is 2.03. The van der Waals surface area contributed by atoms with E-state index in [1.54, 1.807) is 12.3 Å². The predicted octanol–water partition coefficient (Wildman–Crippen LogP) is 5.15. The van der Waals surface area contributed by atoms with E-state index in [4.69, 9.17) is 23.2 Å². The Balaban J connectivity index is 1.89. The Morgan fingerprint density at radius 2 is 1.85 bits per heavy atom. The normalized spacial score (nSPS) is 10.7. The number of rotatable bonds is 3. The van der Waals surface area contributed by atoms with Crippen molar-refractivity contribution < 1.29 is 0 Å². The number of nitrogens with zero attached hydrogens (tertiary/aromatic N) is 1. The quantitative estimate of drug-likeness (QED) is 0.723. The molecule has 0 fully saturated rings. The van der Waals surface area contributed by atoms with Crippen molar-refractivity contribution in [2.75, 3.05) is 5.32 Å². The van der Waals surface area contributed by atoms with Gasteiger partial charge in [0.05, 0.1) is 15.7 Å². The topological polar surface area (TPSA) is 24.9 Å². The summed E-state index contributed by atoms with van der Waals surface area (Å²) < 4.78 is 0. The van der Waals surface area contributed by atoms with E-state index in [1.165, 1.54) is 10.9 Å². The minimum absolute atomic E-state index is 0.552. The molecule has 3 aromatic rings. The smallest absolute Gasteiger partial charge is 0.0823 e. The van der Waals surface area contributed by atoms with Gasteiger partial charge >= 0.3 is 0 Å². The summed E-state index contributed by atoms with van der Waals surface area (Å²) in [5, 5.41) is 6.75. The Morgan fingerprint density at radius 1 is 1.00 bits per heavy atom. The molecule has 0 unspecified atom stereocenters. The Hall–Kier alpha value is -1.77. The summed E-state index contributed by atoms with van der Waals surface area (Å²) >= 11 is 12.2. The van der Waals surface area contributed by atoms with Gasteiger partial charge in [-0.25, -0.2) is 0 Å². The van der Waals surface area contributed by atoms with Crippen molar-refractivity contribution in [2.45, 2.75) is 6.54 Å². The van der Waals surface area contributed by atoms with Crippen LogP contribution >= 0.6 is 23.2 Å². The maximum atomic E-state index is 6.17. The van der Waals surface area contributed by atoms with Crippen molar-refractivity contribution in [2.24, 2.45) is 0 Å². The molecule has 0 atom stereocenters. The van der Waals surface area contributed by atoms with Crippen molar-refractivity contribution in [3.8, 4) is 0 Å². The number of hydrogen-bond acceptors (Lipinski definition) is 2. The number of halogens is 2. The average Bonchev–Trinajstić information content (AvgIpc) is 2.49. The number of pyridine rings is 1. The van der Waals surface area contributed by atoms with Gasteiger partial charge in [-0.05, 0) is 29.1 Å². The number of anilines is 1. The summed E-state index contributed by atoms with van der Waals surface area (Å²) in [6, 6.07) is 13.8. The van der Waals surface area contributed by atoms with Crippen LogP contribution in [0.4, 0.5) is 5.69 Å². The number of hydrogen-bond donors (Lipinski definition) is 1. The molecule has 0 bridgehead atoms. The fourth-order valence-electron chi connectivity index (χ4n) is 2.17. The van der Waals surface area contributed by atoms with Crippen molar-refractivity contribution in [1.29, 1.82) is 0 Å². The highest BCUT2D eigenvalue weighted by atomic mass is 35.5. The molecule has 1 heterocycles. The van der Waals surface area contributed by atoms with Gasteiger partial charge in [-0.1, -0.05) is 47.5 Å². The molecule has 3 rings (SSSR count). The molecule has 4 heteroatoms. The van der Waals surface area contributed by atoms with E-state index in [0.717, 1.165) is 11.1 Å². The van der Waals surface area contributed by atoms with Crippen LogP contribution < -0.4 is 5.32 Å². The molecule has 0 saturated carbocycles. The molecule has 1 aromatic heterocycles. The third kappa shape index (κ3) is 2.58. The molecule has 20 heavy (non-hydrogen) atoms. The Morgan fingerprint density at radius 3 is 2.75 bits per heavy atom. The molecule has 0 spiro atoms. The minimum Gasteiger partial charge on any atom is -0.380 e. The molecular weight excluding hydrogens is 291 g/mol. The maximum absolute atomic E-state index is 6.17. The van der Waals surface area contributed by atoms with Crippen molar-refractivity contribution in [1.82, 2.24) is 4.98 Å². The number of aromatic nitrogens is 1. The lowest BCUT2D eigenvalue weighted by Gasteiger charge is -2.11. The lowest BCUT2D eigenvalue weighted by atomic mass is 10.1. The van der Waals surface area contributed by atoms with Gasteiger partial charge in [0.25, 0.3) is 0 Å². The summed E-state index contributed by atoms with van der Waals surface area (Å²) in [5.74, 6) is 0. The molecule has 100 valence electrons.